The Morgan fingerprint density at radius 1 is 1.24 bits per heavy atom. The van der Waals surface area contributed by atoms with Gasteiger partial charge >= 0.3 is 0 Å². The van der Waals surface area contributed by atoms with Crippen molar-refractivity contribution in [2.24, 2.45) is 22.7 Å². The number of nitrogens with zero attached hydrogens (tertiary/aromatic N) is 2. The minimum atomic E-state index is 0.140. The molecular formula is C17H17N3S. The average Bonchev–Trinajstić information content (AvgIpc) is 3.11. The first-order valence-electron chi connectivity index (χ1n) is 7.36. The maximum atomic E-state index is 5.93. The summed E-state index contributed by atoms with van der Waals surface area (Å²) in [6.45, 7) is 0. The molecule has 3 atom stereocenters. The summed E-state index contributed by atoms with van der Waals surface area (Å²) in [7, 11) is 0. The van der Waals surface area contributed by atoms with Crippen LogP contribution >= 0.6 is 12.2 Å². The molecule has 4 rings (SSSR count). The molecule has 3 nitrogen and oxygen atoms in total. The second kappa shape index (κ2) is 4.81. The second-order valence-electron chi connectivity index (χ2n) is 5.82. The number of thiocarbonyl (C=S) groups is 1. The molecule has 0 radical (unpaired) electrons. The number of fused-ring (bicyclic) bond motifs is 3. The Morgan fingerprint density at radius 3 is 2.81 bits per heavy atom. The summed E-state index contributed by atoms with van der Waals surface area (Å²) in [6.07, 6.45) is 8.92. The van der Waals surface area contributed by atoms with E-state index in [-0.39, 0.29) is 6.04 Å². The van der Waals surface area contributed by atoms with Crippen LogP contribution in [0.1, 0.15) is 24.4 Å². The Balaban J connectivity index is 1.77. The van der Waals surface area contributed by atoms with E-state index < -0.39 is 0 Å². The summed E-state index contributed by atoms with van der Waals surface area (Å²) in [5.41, 5.74) is 9.70. The maximum Gasteiger partial charge on any atom is 0.187 e. The minimum Gasteiger partial charge on any atom is -0.375 e. The molecule has 106 valence electrons. The lowest BCUT2D eigenvalue weighted by Crippen LogP contribution is -2.35. The summed E-state index contributed by atoms with van der Waals surface area (Å²) < 4.78 is 0. The molecule has 0 bridgehead atoms. The third-order valence-electron chi connectivity index (χ3n) is 4.68. The topological polar surface area (TPSA) is 41.6 Å². The first-order chi connectivity index (χ1) is 10.3. The predicted molar refractivity (Wildman–Crippen MR) is 88.7 cm³/mol. The first kappa shape index (κ1) is 12.8. The number of rotatable bonds is 1. The van der Waals surface area contributed by atoms with Crippen molar-refractivity contribution in [1.82, 2.24) is 5.01 Å². The van der Waals surface area contributed by atoms with E-state index in [4.69, 9.17) is 23.1 Å². The molecule has 1 aromatic carbocycles. The van der Waals surface area contributed by atoms with E-state index in [0.29, 0.717) is 16.9 Å². The summed E-state index contributed by atoms with van der Waals surface area (Å²) >= 11 is 5.24. The summed E-state index contributed by atoms with van der Waals surface area (Å²) in [6, 6.07) is 10.6. The zero-order valence-electron chi connectivity index (χ0n) is 11.6. The van der Waals surface area contributed by atoms with Crippen LogP contribution in [0.2, 0.25) is 0 Å². The van der Waals surface area contributed by atoms with E-state index in [9.17, 15) is 0 Å². The van der Waals surface area contributed by atoms with Crippen molar-refractivity contribution in [2.75, 3.05) is 0 Å². The van der Waals surface area contributed by atoms with Crippen LogP contribution in [0.3, 0.4) is 0 Å². The normalized spacial score (nSPS) is 29.7. The molecule has 1 heterocycles. The highest BCUT2D eigenvalue weighted by atomic mass is 32.1. The second-order valence-corrected chi connectivity index (χ2v) is 6.24. The molecular weight excluding hydrogens is 278 g/mol. The highest BCUT2D eigenvalue weighted by molar-refractivity contribution is 7.80. The van der Waals surface area contributed by atoms with Crippen LogP contribution in [0.25, 0.3) is 0 Å². The Labute approximate surface area is 129 Å². The molecule has 0 saturated heterocycles. The molecule has 1 aromatic rings. The fourth-order valence-electron chi connectivity index (χ4n) is 3.76. The van der Waals surface area contributed by atoms with E-state index in [1.165, 1.54) is 23.3 Å². The van der Waals surface area contributed by atoms with Crippen LogP contribution in [0.5, 0.6) is 0 Å². The quantitative estimate of drug-likeness (QED) is 0.809. The number of allylic oxidation sites excluding steroid dienone is 4. The van der Waals surface area contributed by atoms with Gasteiger partial charge in [0.1, 0.15) is 0 Å². The summed E-state index contributed by atoms with van der Waals surface area (Å²) in [5.74, 6) is 0.916. The number of nitrogens with two attached hydrogens (primary N) is 1. The fraction of sp³-hybridized carbons (Fsp3) is 0.294. The SMILES string of the molecule is NC(=S)N1N=C2C3=CC=CC3CC[C@H]2[C@H]1c1ccccc1. The molecule has 0 aromatic heterocycles. The fourth-order valence-corrected chi connectivity index (χ4v) is 3.91. The zero-order valence-corrected chi connectivity index (χ0v) is 12.5. The van der Waals surface area contributed by atoms with Crippen molar-refractivity contribution < 1.29 is 0 Å². The van der Waals surface area contributed by atoms with Crippen molar-refractivity contribution in [2.45, 2.75) is 18.9 Å². The van der Waals surface area contributed by atoms with Gasteiger partial charge in [0.2, 0.25) is 0 Å². The van der Waals surface area contributed by atoms with Gasteiger partial charge in [0.25, 0.3) is 0 Å². The molecule has 1 saturated carbocycles. The van der Waals surface area contributed by atoms with Crippen LogP contribution in [-0.4, -0.2) is 15.8 Å². The van der Waals surface area contributed by atoms with Crippen molar-refractivity contribution in [3.63, 3.8) is 0 Å². The summed E-state index contributed by atoms with van der Waals surface area (Å²) in [5, 5.41) is 6.98. The van der Waals surface area contributed by atoms with Gasteiger partial charge in [-0.25, -0.2) is 5.01 Å². The standard InChI is InChI=1S/C17H17N3S/c18-17(21)20-16(12-5-2-1-3-6-12)14-10-9-11-7-4-8-13(11)15(14)19-20/h1-8,11,14,16H,9-10H2,(H2,18,21)/t11?,14-,16-/m1/s1. The lowest BCUT2D eigenvalue weighted by atomic mass is 9.74. The van der Waals surface area contributed by atoms with Gasteiger partial charge in [0.05, 0.1) is 11.8 Å². The van der Waals surface area contributed by atoms with E-state index in [2.05, 4.69) is 42.5 Å². The number of hydrogen-bond acceptors (Lipinski definition) is 2. The highest BCUT2D eigenvalue weighted by Crippen LogP contribution is 2.46. The number of benzene rings is 1. The Kier molecular flexibility index (Phi) is 2.93. The van der Waals surface area contributed by atoms with E-state index in [0.717, 1.165) is 6.42 Å². The van der Waals surface area contributed by atoms with Gasteiger partial charge in [-0.1, -0.05) is 48.6 Å². The lowest BCUT2D eigenvalue weighted by Gasteiger charge is -2.31. The van der Waals surface area contributed by atoms with Gasteiger partial charge in [-0.2, -0.15) is 5.10 Å². The highest BCUT2D eigenvalue weighted by Gasteiger charge is 2.44. The van der Waals surface area contributed by atoms with Crippen LogP contribution < -0.4 is 5.73 Å². The van der Waals surface area contributed by atoms with Gasteiger partial charge in [0, 0.05) is 11.8 Å². The van der Waals surface area contributed by atoms with Gasteiger partial charge in [-0.3, -0.25) is 0 Å². The largest absolute Gasteiger partial charge is 0.375 e. The molecule has 0 amide bonds. The first-order valence-corrected chi connectivity index (χ1v) is 7.77. The van der Waals surface area contributed by atoms with Crippen LogP contribution in [0, 0.1) is 11.8 Å². The van der Waals surface area contributed by atoms with Gasteiger partial charge in [0.15, 0.2) is 5.11 Å². The van der Waals surface area contributed by atoms with Crippen LogP contribution in [0.15, 0.2) is 59.2 Å². The predicted octanol–water partition coefficient (Wildman–Crippen LogP) is 3.17. The van der Waals surface area contributed by atoms with Gasteiger partial charge < -0.3 is 5.73 Å². The molecule has 2 aliphatic carbocycles. The molecule has 0 spiro atoms. The third-order valence-corrected chi connectivity index (χ3v) is 4.87. The minimum absolute atomic E-state index is 0.140. The van der Waals surface area contributed by atoms with Crippen molar-refractivity contribution in [1.29, 1.82) is 0 Å². The van der Waals surface area contributed by atoms with Gasteiger partial charge in [-0.15, -0.1) is 0 Å². The van der Waals surface area contributed by atoms with Gasteiger partial charge in [-0.05, 0) is 36.2 Å². The lowest BCUT2D eigenvalue weighted by molar-refractivity contribution is 0.301. The Hall–Kier alpha value is -1.94. The molecule has 1 fully saturated rings. The molecule has 1 aliphatic heterocycles. The van der Waals surface area contributed by atoms with Crippen molar-refractivity contribution >= 4 is 23.0 Å². The maximum absolute atomic E-state index is 5.93. The Morgan fingerprint density at radius 2 is 2.05 bits per heavy atom. The molecule has 1 unspecified atom stereocenters. The van der Waals surface area contributed by atoms with Crippen LogP contribution in [-0.2, 0) is 0 Å². The number of hydrazone groups is 1. The zero-order chi connectivity index (χ0) is 14.4. The average molecular weight is 295 g/mol. The Bertz CT molecular complexity index is 675. The third kappa shape index (κ3) is 1.94. The number of hydrogen-bond donors (Lipinski definition) is 1. The summed E-state index contributed by atoms with van der Waals surface area (Å²) in [4.78, 5) is 0. The molecule has 21 heavy (non-hydrogen) atoms. The van der Waals surface area contributed by atoms with E-state index >= 15 is 0 Å². The molecule has 4 heteroatoms. The monoisotopic (exact) mass is 295 g/mol. The molecule has 2 N–H and O–H groups in total. The van der Waals surface area contributed by atoms with Crippen LogP contribution in [0.4, 0.5) is 0 Å². The van der Waals surface area contributed by atoms with Crippen molar-refractivity contribution in [3.8, 4) is 0 Å². The smallest absolute Gasteiger partial charge is 0.187 e. The van der Waals surface area contributed by atoms with E-state index in [1.807, 2.05) is 11.1 Å². The van der Waals surface area contributed by atoms with E-state index in [1.54, 1.807) is 0 Å². The van der Waals surface area contributed by atoms with Crippen molar-refractivity contribution in [3.05, 3.63) is 59.7 Å². The molecule has 3 aliphatic rings.